The summed E-state index contributed by atoms with van der Waals surface area (Å²) in [6.07, 6.45) is 9.22. The van der Waals surface area contributed by atoms with Crippen LogP contribution >= 0.6 is 0 Å². The summed E-state index contributed by atoms with van der Waals surface area (Å²) in [6, 6.07) is 0. The van der Waals surface area contributed by atoms with Crippen LogP contribution < -0.4 is 0 Å². The van der Waals surface area contributed by atoms with Gasteiger partial charge in [-0.05, 0) is 0 Å². The van der Waals surface area contributed by atoms with Crippen molar-refractivity contribution in [2.45, 2.75) is 0 Å². The second-order valence-electron chi connectivity index (χ2n) is 3.17. The first-order valence-electron chi connectivity index (χ1n) is 5.03. The van der Waals surface area contributed by atoms with Crippen LogP contribution in [0.4, 0.5) is 4.79 Å². The molecule has 0 spiro atoms. The lowest BCUT2D eigenvalue weighted by Gasteiger charge is -1.95. The Bertz CT molecular complexity index is 284. The zero-order valence-corrected chi connectivity index (χ0v) is 8.98. The predicted molar refractivity (Wildman–Crippen MR) is 74.2 cm³/mol. The van der Waals surface area contributed by atoms with Crippen LogP contribution in [0.3, 0.4) is 0 Å². The largest absolute Gasteiger partial charge is 0.490 e. The Labute approximate surface area is 93.8 Å². The van der Waals surface area contributed by atoms with E-state index in [9.17, 15) is 4.79 Å². The van der Waals surface area contributed by atoms with E-state index in [-0.39, 0.29) is 7.17 Å². The lowest BCUT2D eigenvalue weighted by atomic mass is 9.07. The quantitative estimate of drug-likeness (QED) is 0.337. The Hall–Kier alpha value is -1.31. The Morgan fingerprint density at radius 1 is 1.13 bits per heavy atom. The minimum absolute atomic E-state index is 0.243. The van der Waals surface area contributed by atoms with Crippen molar-refractivity contribution >= 4 is 34.3 Å². The first kappa shape index (κ1) is 13.7. The molecule has 74 valence electrons. The van der Waals surface area contributed by atoms with Crippen molar-refractivity contribution in [3.63, 3.8) is 0 Å². The maximum absolute atomic E-state index is 10.3. The molecule has 0 rings (SSSR count). The monoisotopic (exact) mass is 198 g/mol. The number of hydrogen-bond acceptors (Lipinski definition) is 1. The zero-order chi connectivity index (χ0) is 11.5. The van der Waals surface area contributed by atoms with Crippen molar-refractivity contribution in [1.29, 1.82) is 0 Å². The fourth-order valence-corrected chi connectivity index (χ4v) is 1.17. The molecule has 0 amide bonds. The molecule has 0 unspecified atom stereocenters. The highest BCUT2D eigenvalue weighted by molar-refractivity contribution is 7.49. The Morgan fingerprint density at radius 2 is 1.80 bits per heavy atom. The van der Waals surface area contributed by atoms with Crippen LogP contribution in [0.2, 0.25) is 0 Å². The summed E-state index contributed by atoms with van der Waals surface area (Å²) in [4.78, 5) is 10.3. The molecule has 2 nitrogen and oxygen atoms in total. The number of rotatable bonds is 8. The number of carboxylic acid groups (broad SMARTS) is 1. The van der Waals surface area contributed by atoms with Gasteiger partial charge in [0.2, 0.25) is 13.0 Å². The molecular formula is C9H14B4O2. The van der Waals surface area contributed by atoms with Gasteiger partial charge in [-0.2, -0.15) is 0 Å². The minimum Gasteiger partial charge on any atom is -0.490 e. The van der Waals surface area contributed by atoms with Crippen molar-refractivity contribution in [2.24, 2.45) is 0 Å². The lowest BCUT2D eigenvalue weighted by molar-refractivity contribution is 0.220. The summed E-state index contributed by atoms with van der Waals surface area (Å²) in [7, 11) is 2.72. The first-order chi connectivity index (χ1) is 7.20. The van der Waals surface area contributed by atoms with Crippen LogP contribution in [-0.2, 0) is 0 Å². The van der Waals surface area contributed by atoms with Crippen molar-refractivity contribution in [3.05, 3.63) is 49.0 Å². The van der Waals surface area contributed by atoms with Gasteiger partial charge in [-0.15, -0.1) is 0 Å². The van der Waals surface area contributed by atoms with Gasteiger partial charge in [-0.1, -0.05) is 49.0 Å². The van der Waals surface area contributed by atoms with Gasteiger partial charge in [0.05, 0.1) is 14.1 Å². The molecule has 0 saturated carbocycles. The topological polar surface area (TPSA) is 37.3 Å². The highest BCUT2D eigenvalue weighted by Crippen LogP contribution is 1.94. The molecule has 0 bridgehead atoms. The fraction of sp³-hybridized carbons (Fsp3) is 0. The lowest BCUT2D eigenvalue weighted by Crippen LogP contribution is -2.24. The van der Waals surface area contributed by atoms with E-state index in [4.69, 9.17) is 5.11 Å². The normalized spacial score (nSPS) is 10.5. The third-order valence-corrected chi connectivity index (χ3v) is 1.88. The van der Waals surface area contributed by atoms with E-state index in [0.717, 1.165) is 19.7 Å². The number of carbonyl (C=O) groups is 1. The SMILES string of the molecule is C=C/C=C\C(BBBBC(=O)O)=C/C=C. The molecule has 0 radical (unpaired) electrons. The summed E-state index contributed by atoms with van der Waals surface area (Å²) >= 11 is 0. The Balaban J connectivity index is 3.92. The standard InChI is InChI=1S/C9H14B4O2/c1-3-5-7-8(6-4-2)10-12-13-11-9(14)15/h3-7,10-13H,1-2H2,(H,14,15)/b7-5-,8-6+. The van der Waals surface area contributed by atoms with Gasteiger partial charge < -0.3 is 5.11 Å². The van der Waals surface area contributed by atoms with Crippen LogP contribution in [0.25, 0.3) is 0 Å². The highest BCUT2D eigenvalue weighted by atomic mass is 16.4. The molecule has 15 heavy (non-hydrogen) atoms. The van der Waals surface area contributed by atoms with Crippen molar-refractivity contribution in [3.8, 4) is 0 Å². The molecule has 0 atom stereocenters. The average Bonchev–Trinajstić information content (AvgIpc) is 2.20. The van der Waals surface area contributed by atoms with Crippen molar-refractivity contribution in [2.75, 3.05) is 0 Å². The van der Waals surface area contributed by atoms with Gasteiger partial charge in [0, 0.05) is 0 Å². The summed E-state index contributed by atoms with van der Waals surface area (Å²) in [5, 5.41) is 8.47. The summed E-state index contributed by atoms with van der Waals surface area (Å²) in [5.74, 6) is -0.731. The van der Waals surface area contributed by atoms with E-state index in [1.165, 1.54) is 0 Å². The summed E-state index contributed by atoms with van der Waals surface area (Å²) < 4.78 is 0. The predicted octanol–water partition coefficient (Wildman–Crippen LogP) is -0.0325. The Morgan fingerprint density at radius 3 is 2.33 bits per heavy atom. The van der Waals surface area contributed by atoms with E-state index in [1.807, 2.05) is 18.2 Å². The molecule has 0 aromatic carbocycles. The van der Waals surface area contributed by atoms with Crippen LogP contribution in [0.5, 0.6) is 0 Å². The third kappa shape index (κ3) is 9.00. The number of hydrogen-bond donors (Lipinski definition) is 1. The molecule has 0 heterocycles. The molecule has 6 heteroatoms. The number of allylic oxidation sites excluding steroid dienone is 6. The van der Waals surface area contributed by atoms with Crippen molar-refractivity contribution in [1.82, 2.24) is 0 Å². The van der Waals surface area contributed by atoms with Gasteiger partial charge in [0.15, 0.2) is 0 Å². The minimum atomic E-state index is -0.731. The first-order valence-corrected chi connectivity index (χ1v) is 5.03. The third-order valence-electron chi connectivity index (χ3n) is 1.88. The molecular weight excluding hydrogens is 183 g/mol. The second-order valence-corrected chi connectivity index (χ2v) is 3.17. The smallest absolute Gasteiger partial charge is 0.235 e. The van der Waals surface area contributed by atoms with E-state index in [1.54, 1.807) is 12.2 Å². The summed E-state index contributed by atoms with van der Waals surface area (Å²) in [5.41, 5.74) is 1.15. The molecule has 0 fully saturated rings. The van der Waals surface area contributed by atoms with Gasteiger partial charge in [0.25, 0.3) is 0 Å². The molecule has 0 aromatic heterocycles. The highest BCUT2D eigenvalue weighted by Gasteiger charge is 2.04. The van der Waals surface area contributed by atoms with Gasteiger partial charge in [0.1, 0.15) is 7.17 Å². The molecule has 0 aromatic rings. The van der Waals surface area contributed by atoms with E-state index in [2.05, 4.69) is 13.2 Å². The second kappa shape index (κ2) is 9.25. The van der Waals surface area contributed by atoms with E-state index >= 15 is 0 Å². The fourth-order valence-electron chi connectivity index (χ4n) is 1.17. The van der Waals surface area contributed by atoms with E-state index < -0.39 is 5.87 Å². The zero-order valence-electron chi connectivity index (χ0n) is 8.98. The summed E-state index contributed by atoms with van der Waals surface area (Å²) in [6.45, 7) is 7.23. The van der Waals surface area contributed by atoms with Gasteiger partial charge in [-0.3, -0.25) is 4.79 Å². The van der Waals surface area contributed by atoms with E-state index in [0.29, 0.717) is 7.06 Å². The molecule has 0 aliphatic heterocycles. The van der Waals surface area contributed by atoms with Crippen LogP contribution in [0.1, 0.15) is 0 Å². The maximum Gasteiger partial charge on any atom is 0.235 e. The molecule has 0 aliphatic rings. The van der Waals surface area contributed by atoms with Gasteiger partial charge >= 0.3 is 0 Å². The van der Waals surface area contributed by atoms with Gasteiger partial charge in [-0.25, -0.2) is 0 Å². The molecule has 0 saturated heterocycles. The van der Waals surface area contributed by atoms with Crippen LogP contribution in [0, 0.1) is 0 Å². The Kier molecular flexibility index (Phi) is 8.44. The maximum atomic E-state index is 10.3. The average molecular weight is 197 g/mol. The molecule has 1 N–H and O–H groups in total. The molecule has 0 aliphatic carbocycles. The van der Waals surface area contributed by atoms with Crippen molar-refractivity contribution < 1.29 is 9.90 Å². The van der Waals surface area contributed by atoms with Crippen LogP contribution in [-0.4, -0.2) is 39.4 Å². The van der Waals surface area contributed by atoms with Crippen LogP contribution in [0.15, 0.2) is 49.0 Å².